The Balaban J connectivity index is 1.98. The Morgan fingerprint density at radius 3 is 2.33 bits per heavy atom. The minimum absolute atomic E-state index is 0.0220. The van der Waals surface area contributed by atoms with E-state index in [9.17, 15) is 26.7 Å². The Hall–Kier alpha value is -2.57. The number of aryl methyl sites for hydroxylation is 2. The summed E-state index contributed by atoms with van der Waals surface area (Å²) in [5.74, 6) is -2.81. The third-order valence-corrected chi connectivity index (χ3v) is 6.33. The number of anilines is 2. The van der Waals surface area contributed by atoms with E-state index in [2.05, 4.69) is 10.1 Å². The third kappa shape index (κ3) is 7.97. The van der Waals surface area contributed by atoms with Crippen molar-refractivity contribution in [2.45, 2.75) is 69.0 Å². The predicted octanol–water partition coefficient (Wildman–Crippen LogP) is 5.96. The Morgan fingerprint density at radius 1 is 1.17 bits per heavy atom. The standard InChI is InChI=1S/C23H30F5N5O2S/c1-15-10-19(30-31(15)5)36-13-16-11-17(32-8-6-22(24,25)7-9-32)12-18(29-16)33(14-23(26,27)28)20(34)35-21(2,3)4/h10-12H,6-9,13-14H2,1-5H3. The summed E-state index contributed by atoms with van der Waals surface area (Å²) >= 11 is 1.33. The van der Waals surface area contributed by atoms with Gasteiger partial charge >= 0.3 is 12.3 Å². The molecule has 0 saturated carbocycles. The molecule has 0 spiro atoms. The molecule has 200 valence electrons. The summed E-state index contributed by atoms with van der Waals surface area (Å²) in [4.78, 5) is 19.2. The maximum atomic E-state index is 13.7. The average molecular weight is 536 g/mol. The highest BCUT2D eigenvalue weighted by Gasteiger charge is 2.38. The van der Waals surface area contributed by atoms with E-state index in [-0.39, 0.29) is 37.5 Å². The number of rotatable bonds is 6. The zero-order valence-corrected chi connectivity index (χ0v) is 21.6. The minimum atomic E-state index is -4.72. The van der Waals surface area contributed by atoms with E-state index >= 15 is 0 Å². The third-order valence-electron chi connectivity index (χ3n) is 5.40. The number of carbonyl (C=O) groups excluding carboxylic acids is 1. The van der Waals surface area contributed by atoms with Crippen molar-refractivity contribution in [3.63, 3.8) is 0 Å². The van der Waals surface area contributed by atoms with Crippen molar-refractivity contribution < 1.29 is 31.5 Å². The van der Waals surface area contributed by atoms with E-state index in [1.54, 1.807) is 43.5 Å². The quantitative estimate of drug-likeness (QED) is 0.336. The number of hydrogen-bond acceptors (Lipinski definition) is 6. The number of aromatic nitrogens is 3. The van der Waals surface area contributed by atoms with E-state index in [1.807, 2.05) is 13.0 Å². The molecule has 3 rings (SSSR count). The molecule has 13 heteroatoms. The average Bonchev–Trinajstić information content (AvgIpc) is 3.05. The van der Waals surface area contributed by atoms with Crippen molar-refractivity contribution >= 4 is 29.4 Å². The van der Waals surface area contributed by atoms with Crippen molar-refractivity contribution in [1.82, 2.24) is 14.8 Å². The van der Waals surface area contributed by atoms with Crippen molar-refractivity contribution in [2.24, 2.45) is 7.05 Å². The molecule has 1 amide bonds. The number of alkyl halides is 5. The molecule has 2 aromatic rings. The number of pyridine rings is 1. The monoisotopic (exact) mass is 535 g/mol. The van der Waals surface area contributed by atoms with Gasteiger partial charge in [-0.25, -0.2) is 18.6 Å². The van der Waals surface area contributed by atoms with Crippen LogP contribution in [0, 0.1) is 6.92 Å². The second kappa shape index (κ2) is 10.4. The van der Waals surface area contributed by atoms with Crippen LogP contribution in [0.15, 0.2) is 23.2 Å². The fraction of sp³-hybridized carbons (Fsp3) is 0.609. The molecule has 0 N–H and O–H groups in total. The number of halogens is 5. The molecule has 7 nitrogen and oxygen atoms in total. The van der Waals surface area contributed by atoms with Crippen molar-refractivity contribution in [3.8, 4) is 0 Å². The molecule has 2 aromatic heterocycles. The predicted molar refractivity (Wildman–Crippen MR) is 128 cm³/mol. The Morgan fingerprint density at radius 2 is 1.81 bits per heavy atom. The van der Waals surface area contributed by atoms with Crippen LogP contribution in [0.4, 0.5) is 38.3 Å². The molecule has 36 heavy (non-hydrogen) atoms. The molecular formula is C23H30F5N5O2S. The number of thioether (sulfide) groups is 1. The van der Waals surface area contributed by atoms with Gasteiger partial charge in [0.2, 0.25) is 0 Å². The van der Waals surface area contributed by atoms with Crippen molar-refractivity contribution in [2.75, 3.05) is 29.4 Å². The Bertz CT molecular complexity index is 1050. The van der Waals surface area contributed by atoms with Gasteiger partial charge in [-0.1, -0.05) is 11.8 Å². The summed E-state index contributed by atoms with van der Waals surface area (Å²) in [7, 11) is 1.79. The molecule has 1 fully saturated rings. The van der Waals surface area contributed by atoms with Gasteiger partial charge < -0.3 is 9.64 Å². The highest BCUT2D eigenvalue weighted by Crippen LogP contribution is 2.34. The summed E-state index contributed by atoms with van der Waals surface area (Å²) in [6.45, 7) is 4.96. The fourth-order valence-corrected chi connectivity index (χ4v) is 4.40. The van der Waals surface area contributed by atoms with Crippen LogP contribution in [0.3, 0.4) is 0 Å². The van der Waals surface area contributed by atoms with Crippen molar-refractivity contribution in [3.05, 3.63) is 29.6 Å². The van der Waals surface area contributed by atoms with Crippen LogP contribution in [-0.2, 0) is 17.5 Å². The van der Waals surface area contributed by atoms with Gasteiger partial charge in [-0.15, -0.1) is 0 Å². The first-order valence-electron chi connectivity index (χ1n) is 11.4. The number of hydrogen-bond donors (Lipinski definition) is 0. The lowest BCUT2D eigenvalue weighted by molar-refractivity contribution is -0.119. The largest absolute Gasteiger partial charge is 0.443 e. The molecule has 1 saturated heterocycles. The summed E-state index contributed by atoms with van der Waals surface area (Å²) in [6.07, 6.45) is -6.67. The summed E-state index contributed by atoms with van der Waals surface area (Å²) in [5.41, 5.74) is 0.685. The highest BCUT2D eigenvalue weighted by molar-refractivity contribution is 7.98. The second-order valence-electron chi connectivity index (χ2n) is 9.74. The maximum Gasteiger partial charge on any atom is 0.416 e. The van der Waals surface area contributed by atoms with Gasteiger partial charge in [0, 0.05) is 56.2 Å². The highest BCUT2D eigenvalue weighted by atomic mass is 32.2. The van der Waals surface area contributed by atoms with Gasteiger partial charge in [0.15, 0.2) is 0 Å². The Kier molecular flexibility index (Phi) is 8.11. The lowest BCUT2D eigenvalue weighted by atomic mass is 10.1. The van der Waals surface area contributed by atoms with E-state index < -0.39 is 30.3 Å². The van der Waals surface area contributed by atoms with Crippen LogP contribution in [0.5, 0.6) is 0 Å². The number of nitrogens with zero attached hydrogens (tertiary/aromatic N) is 5. The molecule has 0 bridgehead atoms. The van der Waals surface area contributed by atoms with Crippen LogP contribution in [0.25, 0.3) is 0 Å². The molecule has 0 aromatic carbocycles. The van der Waals surface area contributed by atoms with E-state index in [4.69, 9.17) is 4.74 Å². The van der Waals surface area contributed by atoms with E-state index in [1.165, 1.54) is 17.8 Å². The first-order valence-corrected chi connectivity index (χ1v) is 12.3. The first kappa shape index (κ1) is 28.0. The molecule has 0 radical (unpaired) electrons. The van der Waals surface area contributed by atoms with Gasteiger partial charge in [0.25, 0.3) is 5.92 Å². The summed E-state index contributed by atoms with van der Waals surface area (Å²) in [5, 5.41) is 5.05. The van der Waals surface area contributed by atoms with Gasteiger partial charge in [-0.3, -0.25) is 9.58 Å². The number of amides is 1. The van der Waals surface area contributed by atoms with E-state index in [0.717, 1.165) is 5.69 Å². The fourth-order valence-electron chi connectivity index (χ4n) is 3.52. The number of carbonyl (C=O) groups is 1. The lowest BCUT2D eigenvalue weighted by Crippen LogP contribution is -2.43. The zero-order valence-electron chi connectivity index (χ0n) is 20.8. The van der Waals surface area contributed by atoms with Crippen LogP contribution in [-0.4, -0.2) is 58.2 Å². The molecular weight excluding hydrogens is 505 g/mol. The summed E-state index contributed by atoms with van der Waals surface area (Å²) < 4.78 is 74.7. The van der Waals surface area contributed by atoms with Gasteiger partial charge in [0.1, 0.15) is 23.0 Å². The molecule has 1 aliphatic heterocycles. The summed E-state index contributed by atoms with van der Waals surface area (Å²) in [6, 6.07) is 4.83. The topological polar surface area (TPSA) is 63.5 Å². The normalized spacial score (nSPS) is 16.2. The van der Waals surface area contributed by atoms with Gasteiger partial charge in [0.05, 0.1) is 5.69 Å². The maximum absolute atomic E-state index is 13.7. The van der Waals surface area contributed by atoms with Crippen LogP contribution in [0.2, 0.25) is 0 Å². The second-order valence-corrected chi connectivity index (χ2v) is 10.7. The van der Waals surface area contributed by atoms with Crippen LogP contribution < -0.4 is 9.80 Å². The Labute approximate surface area is 211 Å². The minimum Gasteiger partial charge on any atom is -0.443 e. The van der Waals surface area contributed by atoms with Gasteiger partial charge in [-0.05, 0) is 39.8 Å². The van der Waals surface area contributed by atoms with Crippen LogP contribution in [0.1, 0.15) is 45.0 Å². The number of ether oxygens (including phenoxy) is 1. The van der Waals surface area contributed by atoms with Crippen LogP contribution >= 0.6 is 11.8 Å². The lowest BCUT2D eigenvalue weighted by Gasteiger charge is -2.34. The molecule has 3 heterocycles. The molecule has 0 aliphatic carbocycles. The first-order chi connectivity index (χ1) is 16.5. The smallest absolute Gasteiger partial charge is 0.416 e. The molecule has 0 atom stereocenters. The SMILES string of the molecule is Cc1cc(SCc2cc(N3CCC(F)(F)CC3)cc(N(CC(F)(F)F)C(=O)OC(C)(C)C)n2)nn1C. The van der Waals surface area contributed by atoms with Crippen molar-refractivity contribution in [1.29, 1.82) is 0 Å². The van der Waals surface area contributed by atoms with Gasteiger partial charge in [-0.2, -0.15) is 18.3 Å². The molecule has 0 unspecified atom stereocenters. The number of piperidine rings is 1. The van der Waals surface area contributed by atoms with E-state index in [0.29, 0.717) is 21.3 Å². The zero-order chi connectivity index (χ0) is 26.9. The molecule has 1 aliphatic rings.